The second-order valence-corrected chi connectivity index (χ2v) is 4.19. The van der Waals surface area contributed by atoms with Crippen LogP contribution in [0.4, 0.5) is 0 Å². The molecule has 0 fully saturated rings. The van der Waals surface area contributed by atoms with Gasteiger partial charge in [-0.1, -0.05) is 37.1 Å². The molecule has 1 heteroatoms. The van der Waals surface area contributed by atoms with E-state index in [0.29, 0.717) is 0 Å². The standard InChI is InChI=1S/C15H17N/c1-3-4-13-9-12(2)10-15(11-13)14-5-7-16-8-6-14/h5-11H,3-4H2,1-2H3. The van der Waals surface area contributed by atoms with Crippen LogP contribution in [0.3, 0.4) is 0 Å². The van der Waals surface area contributed by atoms with Crippen LogP contribution in [0, 0.1) is 6.92 Å². The minimum Gasteiger partial charge on any atom is -0.265 e. The molecule has 2 aromatic rings. The van der Waals surface area contributed by atoms with Crippen LogP contribution in [-0.2, 0) is 6.42 Å². The second kappa shape index (κ2) is 4.93. The van der Waals surface area contributed by atoms with E-state index in [2.05, 4.69) is 49.2 Å². The molecule has 0 N–H and O–H groups in total. The first-order chi connectivity index (χ1) is 7.79. The summed E-state index contributed by atoms with van der Waals surface area (Å²) in [5.74, 6) is 0. The van der Waals surface area contributed by atoms with Crippen LogP contribution in [-0.4, -0.2) is 4.98 Å². The molecule has 0 amide bonds. The Morgan fingerprint density at radius 2 is 1.75 bits per heavy atom. The molecular formula is C15H17N. The topological polar surface area (TPSA) is 12.9 Å². The number of rotatable bonds is 3. The van der Waals surface area contributed by atoms with E-state index >= 15 is 0 Å². The van der Waals surface area contributed by atoms with Crippen molar-refractivity contribution in [2.45, 2.75) is 26.7 Å². The van der Waals surface area contributed by atoms with Crippen LogP contribution < -0.4 is 0 Å². The van der Waals surface area contributed by atoms with Crippen molar-refractivity contribution in [2.24, 2.45) is 0 Å². The van der Waals surface area contributed by atoms with Crippen LogP contribution in [0.25, 0.3) is 11.1 Å². The molecule has 1 nitrogen and oxygen atoms in total. The first-order valence-electron chi connectivity index (χ1n) is 5.80. The summed E-state index contributed by atoms with van der Waals surface area (Å²) in [5.41, 5.74) is 5.30. The Morgan fingerprint density at radius 3 is 2.44 bits per heavy atom. The summed E-state index contributed by atoms with van der Waals surface area (Å²) in [4.78, 5) is 4.05. The highest BCUT2D eigenvalue weighted by Crippen LogP contribution is 2.22. The van der Waals surface area contributed by atoms with Gasteiger partial charge in [-0.15, -0.1) is 0 Å². The number of benzene rings is 1. The summed E-state index contributed by atoms with van der Waals surface area (Å²) in [6.45, 7) is 4.37. The molecule has 0 atom stereocenters. The number of pyridine rings is 1. The molecule has 0 saturated heterocycles. The predicted octanol–water partition coefficient (Wildman–Crippen LogP) is 4.01. The smallest absolute Gasteiger partial charge is 0.0273 e. The maximum Gasteiger partial charge on any atom is 0.0273 e. The van der Waals surface area contributed by atoms with E-state index in [4.69, 9.17) is 0 Å². The monoisotopic (exact) mass is 211 g/mol. The van der Waals surface area contributed by atoms with Gasteiger partial charge in [0.1, 0.15) is 0 Å². The molecule has 0 spiro atoms. The summed E-state index contributed by atoms with van der Waals surface area (Å²) >= 11 is 0. The highest BCUT2D eigenvalue weighted by Gasteiger charge is 2.00. The average molecular weight is 211 g/mol. The van der Waals surface area contributed by atoms with E-state index in [1.165, 1.54) is 28.7 Å². The summed E-state index contributed by atoms with van der Waals surface area (Å²) < 4.78 is 0. The Bertz CT molecular complexity index is 460. The Balaban J connectivity index is 2.41. The van der Waals surface area contributed by atoms with Gasteiger partial charge in [0.2, 0.25) is 0 Å². The first kappa shape index (κ1) is 10.9. The molecule has 0 aliphatic carbocycles. The van der Waals surface area contributed by atoms with Gasteiger partial charge >= 0.3 is 0 Å². The van der Waals surface area contributed by atoms with Crippen molar-refractivity contribution in [1.29, 1.82) is 0 Å². The quantitative estimate of drug-likeness (QED) is 0.747. The zero-order valence-electron chi connectivity index (χ0n) is 9.90. The third-order valence-electron chi connectivity index (χ3n) is 2.69. The van der Waals surface area contributed by atoms with E-state index in [9.17, 15) is 0 Å². The molecule has 0 bridgehead atoms. The minimum atomic E-state index is 1.15. The van der Waals surface area contributed by atoms with Crippen LogP contribution >= 0.6 is 0 Å². The molecule has 82 valence electrons. The third kappa shape index (κ3) is 2.48. The van der Waals surface area contributed by atoms with Crippen LogP contribution in [0.2, 0.25) is 0 Å². The van der Waals surface area contributed by atoms with E-state index in [1.807, 2.05) is 12.4 Å². The van der Waals surface area contributed by atoms with Crippen molar-refractivity contribution < 1.29 is 0 Å². The molecule has 0 aliphatic rings. The maximum atomic E-state index is 4.05. The Morgan fingerprint density at radius 1 is 1.00 bits per heavy atom. The van der Waals surface area contributed by atoms with E-state index in [1.54, 1.807) is 0 Å². The van der Waals surface area contributed by atoms with Crippen molar-refractivity contribution in [3.8, 4) is 11.1 Å². The highest BCUT2D eigenvalue weighted by atomic mass is 14.6. The van der Waals surface area contributed by atoms with E-state index in [-0.39, 0.29) is 0 Å². The Kier molecular flexibility index (Phi) is 3.35. The van der Waals surface area contributed by atoms with E-state index in [0.717, 1.165) is 6.42 Å². The van der Waals surface area contributed by atoms with Gasteiger partial charge in [0, 0.05) is 12.4 Å². The molecule has 1 aromatic carbocycles. The zero-order valence-corrected chi connectivity index (χ0v) is 9.90. The summed E-state index contributed by atoms with van der Waals surface area (Å²) in [6.07, 6.45) is 6.04. The fourth-order valence-electron chi connectivity index (χ4n) is 2.01. The van der Waals surface area contributed by atoms with Crippen molar-refractivity contribution in [1.82, 2.24) is 4.98 Å². The van der Waals surface area contributed by atoms with Crippen LogP contribution in [0.5, 0.6) is 0 Å². The molecule has 0 radical (unpaired) electrons. The lowest BCUT2D eigenvalue weighted by Gasteiger charge is -2.07. The zero-order chi connectivity index (χ0) is 11.4. The molecule has 16 heavy (non-hydrogen) atoms. The number of hydrogen-bond acceptors (Lipinski definition) is 1. The van der Waals surface area contributed by atoms with Crippen molar-refractivity contribution in [3.05, 3.63) is 53.9 Å². The summed E-state index contributed by atoms with van der Waals surface area (Å²) in [5, 5.41) is 0. The molecular weight excluding hydrogens is 194 g/mol. The predicted molar refractivity (Wildman–Crippen MR) is 68.4 cm³/mol. The Labute approximate surface area is 97.2 Å². The van der Waals surface area contributed by atoms with Crippen molar-refractivity contribution in [2.75, 3.05) is 0 Å². The SMILES string of the molecule is CCCc1cc(C)cc(-c2ccncc2)c1. The Hall–Kier alpha value is -1.63. The van der Waals surface area contributed by atoms with E-state index < -0.39 is 0 Å². The second-order valence-electron chi connectivity index (χ2n) is 4.19. The van der Waals surface area contributed by atoms with Crippen LogP contribution in [0.1, 0.15) is 24.5 Å². The normalized spacial score (nSPS) is 10.4. The van der Waals surface area contributed by atoms with Crippen molar-refractivity contribution in [3.63, 3.8) is 0 Å². The van der Waals surface area contributed by atoms with Gasteiger partial charge < -0.3 is 0 Å². The number of aromatic nitrogens is 1. The maximum absolute atomic E-state index is 4.05. The summed E-state index contributed by atoms with van der Waals surface area (Å²) in [6, 6.07) is 10.9. The fourth-order valence-corrected chi connectivity index (χ4v) is 2.01. The highest BCUT2D eigenvalue weighted by molar-refractivity contribution is 5.64. The molecule has 1 aromatic heterocycles. The lowest BCUT2D eigenvalue weighted by atomic mass is 9.99. The lowest BCUT2D eigenvalue weighted by Crippen LogP contribution is -1.87. The minimum absolute atomic E-state index is 1.15. The van der Waals surface area contributed by atoms with Gasteiger partial charge in [0.05, 0.1) is 0 Å². The number of aryl methyl sites for hydroxylation is 2. The number of hydrogen-bond donors (Lipinski definition) is 0. The summed E-state index contributed by atoms with van der Waals surface area (Å²) in [7, 11) is 0. The molecule has 1 heterocycles. The lowest BCUT2D eigenvalue weighted by molar-refractivity contribution is 0.920. The molecule has 0 unspecified atom stereocenters. The molecule has 0 saturated carbocycles. The third-order valence-corrected chi connectivity index (χ3v) is 2.69. The van der Waals surface area contributed by atoms with Gasteiger partial charge in [-0.3, -0.25) is 4.98 Å². The molecule has 2 rings (SSSR count). The van der Waals surface area contributed by atoms with Gasteiger partial charge in [0.25, 0.3) is 0 Å². The van der Waals surface area contributed by atoms with Crippen LogP contribution in [0.15, 0.2) is 42.7 Å². The van der Waals surface area contributed by atoms with Gasteiger partial charge in [-0.2, -0.15) is 0 Å². The average Bonchev–Trinajstić information content (AvgIpc) is 2.30. The first-order valence-corrected chi connectivity index (χ1v) is 5.80. The van der Waals surface area contributed by atoms with Gasteiger partial charge in [-0.25, -0.2) is 0 Å². The van der Waals surface area contributed by atoms with Crippen molar-refractivity contribution >= 4 is 0 Å². The largest absolute Gasteiger partial charge is 0.265 e. The fraction of sp³-hybridized carbons (Fsp3) is 0.267. The van der Waals surface area contributed by atoms with Gasteiger partial charge in [-0.05, 0) is 42.2 Å². The van der Waals surface area contributed by atoms with Gasteiger partial charge in [0.15, 0.2) is 0 Å². The molecule has 0 aliphatic heterocycles. The number of nitrogens with zero attached hydrogens (tertiary/aromatic N) is 1.